The Balaban J connectivity index is 2.04. The van der Waals surface area contributed by atoms with E-state index >= 15 is 0 Å². The summed E-state index contributed by atoms with van der Waals surface area (Å²) >= 11 is 0. The van der Waals surface area contributed by atoms with Crippen LogP contribution in [0.1, 0.15) is 26.7 Å². The highest BCUT2D eigenvalue weighted by molar-refractivity contribution is 6.01. The van der Waals surface area contributed by atoms with Crippen molar-refractivity contribution >= 4 is 29.4 Å². The molecule has 2 rings (SSSR count). The van der Waals surface area contributed by atoms with Gasteiger partial charge in [0.1, 0.15) is 11.9 Å². The zero-order valence-electron chi connectivity index (χ0n) is 15.7. The van der Waals surface area contributed by atoms with Crippen LogP contribution in [0.25, 0.3) is 0 Å². The van der Waals surface area contributed by atoms with Crippen LogP contribution in [-0.2, 0) is 19.2 Å². The van der Waals surface area contributed by atoms with Gasteiger partial charge in [0.25, 0.3) is 0 Å². The summed E-state index contributed by atoms with van der Waals surface area (Å²) in [4.78, 5) is 49.1. The summed E-state index contributed by atoms with van der Waals surface area (Å²) in [5.74, 6) is -4.12. The van der Waals surface area contributed by atoms with Crippen LogP contribution in [0.3, 0.4) is 0 Å². The number of carboxylic acid groups (broad SMARTS) is 1. The number of aliphatic carboxylic acids is 1. The van der Waals surface area contributed by atoms with Gasteiger partial charge >= 0.3 is 0 Å². The Morgan fingerprint density at radius 2 is 1.93 bits per heavy atom. The number of anilines is 1. The molecule has 1 aliphatic rings. The average Bonchev–Trinajstić information content (AvgIpc) is 3.05. The van der Waals surface area contributed by atoms with Gasteiger partial charge in [-0.25, -0.2) is 4.39 Å². The SMILES string of the molecule is CC[C@@H](C)[C@H](NC(=O)[C@H]1CC(=O)N(c2ccc(F)cc2)C1)C(=O)NCC(=O)[O-]. The maximum atomic E-state index is 13.1. The molecule has 3 amide bonds. The third kappa shape index (κ3) is 5.28. The summed E-state index contributed by atoms with van der Waals surface area (Å²) in [7, 11) is 0. The summed E-state index contributed by atoms with van der Waals surface area (Å²) < 4.78 is 13.1. The molecule has 152 valence electrons. The number of hydrogen-bond donors (Lipinski definition) is 2. The van der Waals surface area contributed by atoms with Gasteiger partial charge in [-0.3, -0.25) is 14.4 Å². The highest BCUT2D eigenvalue weighted by atomic mass is 19.1. The first-order valence-corrected chi connectivity index (χ1v) is 9.06. The molecule has 0 radical (unpaired) electrons. The molecule has 2 N–H and O–H groups in total. The number of nitrogens with zero attached hydrogens (tertiary/aromatic N) is 1. The minimum absolute atomic E-state index is 0.0307. The van der Waals surface area contributed by atoms with E-state index in [4.69, 9.17) is 0 Å². The number of hydrogen-bond acceptors (Lipinski definition) is 5. The van der Waals surface area contributed by atoms with Crippen molar-refractivity contribution in [1.82, 2.24) is 10.6 Å². The van der Waals surface area contributed by atoms with Crippen LogP contribution in [0, 0.1) is 17.7 Å². The maximum absolute atomic E-state index is 13.1. The molecule has 8 nitrogen and oxygen atoms in total. The van der Waals surface area contributed by atoms with Crippen molar-refractivity contribution in [2.24, 2.45) is 11.8 Å². The molecule has 1 aromatic rings. The third-order valence-electron chi connectivity index (χ3n) is 4.83. The quantitative estimate of drug-likeness (QED) is 0.623. The smallest absolute Gasteiger partial charge is 0.243 e. The molecule has 0 unspecified atom stereocenters. The molecule has 0 saturated carbocycles. The Hall–Kier alpha value is -2.97. The second-order valence-electron chi connectivity index (χ2n) is 6.84. The predicted octanol–water partition coefficient (Wildman–Crippen LogP) is -0.424. The lowest BCUT2D eigenvalue weighted by molar-refractivity contribution is -0.304. The van der Waals surface area contributed by atoms with Crippen molar-refractivity contribution in [3.63, 3.8) is 0 Å². The van der Waals surface area contributed by atoms with Gasteiger partial charge in [-0.2, -0.15) is 0 Å². The normalized spacial score (nSPS) is 18.5. The van der Waals surface area contributed by atoms with Crippen LogP contribution in [0.2, 0.25) is 0 Å². The van der Waals surface area contributed by atoms with Crippen LogP contribution in [0.15, 0.2) is 24.3 Å². The van der Waals surface area contributed by atoms with E-state index in [1.54, 1.807) is 6.92 Å². The highest BCUT2D eigenvalue weighted by Crippen LogP contribution is 2.25. The summed E-state index contributed by atoms with van der Waals surface area (Å²) in [5, 5.41) is 15.4. The van der Waals surface area contributed by atoms with E-state index in [9.17, 15) is 28.7 Å². The topological polar surface area (TPSA) is 119 Å². The van der Waals surface area contributed by atoms with Gasteiger partial charge < -0.3 is 25.4 Å². The van der Waals surface area contributed by atoms with E-state index in [0.717, 1.165) is 0 Å². The van der Waals surface area contributed by atoms with Gasteiger partial charge in [0.2, 0.25) is 17.7 Å². The molecule has 9 heteroatoms. The Labute approximate surface area is 162 Å². The monoisotopic (exact) mass is 392 g/mol. The summed E-state index contributed by atoms with van der Waals surface area (Å²) in [6.45, 7) is 3.06. The molecule has 1 heterocycles. The zero-order chi connectivity index (χ0) is 20.8. The van der Waals surface area contributed by atoms with Gasteiger partial charge in [-0.1, -0.05) is 20.3 Å². The first-order chi connectivity index (χ1) is 13.2. The lowest BCUT2D eigenvalue weighted by Crippen LogP contribution is -2.53. The van der Waals surface area contributed by atoms with Gasteiger partial charge in [-0.05, 0) is 30.2 Å². The predicted molar refractivity (Wildman–Crippen MR) is 96.3 cm³/mol. The largest absolute Gasteiger partial charge is 0.548 e. The number of benzene rings is 1. The van der Waals surface area contributed by atoms with E-state index in [2.05, 4.69) is 10.6 Å². The number of carbonyl (C=O) groups excluding carboxylic acids is 4. The first kappa shape index (κ1) is 21.3. The van der Waals surface area contributed by atoms with Gasteiger partial charge in [0.15, 0.2) is 0 Å². The number of rotatable bonds is 8. The van der Waals surface area contributed by atoms with Crippen molar-refractivity contribution in [1.29, 1.82) is 0 Å². The fourth-order valence-corrected chi connectivity index (χ4v) is 3.00. The molecule has 3 atom stereocenters. The number of carboxylic acids is 1. The number of amides is 3. The maximum Gasteiger partial charge on any atom is 0.243 e. The molecule has 1 aromatic carbocycles. The third-order valence-corrected chi connectivity index (χ3v) is 4.83. The first-order valence-electron chi connectivity index (χ1n) is 9.06. The average molecular weight is 392 g/mol. The molecule has 28 heavy (non-hydrogen) atoms. The number of halogens is 1. The van der Waals surface area contributed by atoms with Crippen molar-refractivity contribution in [2.45, 2.75) is 32.7 Å². The standard InChI is InChI=1S/C19H24FN3O5/c1-3-11(2)17(19(28)21-9-16(25)26)22-18(27)12-8-15(24)23(10-12)14-6-4-13(20)5-7-14/h4-7,11-12,17H,3,8-10H2,1-2H3,(H,21,28)(H,22,27)(H,25,26)/p-1/t11-,12+,17+/m1/s1. The van der Waals surface area contributed by atoms with Gasteiger partial charge in [0, 0.05) is 18.7 Å². The van der Waals surface area contributed by atoms with Crippen molar-refractivity contribution in [2.75, 3.05) is 18.0 Å². The number of carbonyl (C=O) groups is 4. The van der Waals surface area contributed by atoms with E-state index in [0.29, 0.717) is 12.1 Å². The lowest BCUT2D eigenvalue weighted by Gasteiger charge is -2.25. The fraction of sp³-hybridized carbons (Fsp3) is 0.474. The van der Waals surface area contributed by atoms with Crippen LogP contribution < -0.4 is 20.6 Å². The second kappa shape index (κ2) is 9.29. The molecule has 0 spiro atoms. The Bertz CT molecular complexity index is 752. The van der Waals surface area contributed by atoms with Crippen LogP contribution in [0.5, 0.6) is 0 Å². The Morgan fingerprint density at radius 1 is 1.29 bits per heavy atom. The molecule has 0 aliphatic carbocycles. The molecular formula is C19H23FN3O5-. The summed E-state index contributed by atoms with van der Waals surface area (Å²) in [6, 6.07) is 4.46. The minimum atomic E-state index is -1.43. The molecule has 1 saturated heterocycles. The minimum Gasteiger partial charge on any atom is -0.548 e. The number of nitrogens with one attached hydrogen (secondary N) is 2. The van der Waals surface area contributed by atoms with Crippen LogP contribution in [-0.4, -0.2) is 42.8 Å². The second-order valence-corrected chi connectivity index (χ2v) is 6.84. The van der Waals surface area contributed by atoms with Crippen LogP contribution in [0.4, 0.5) is 10.1 Å². The van der Waals surface area contributed by atoms with E-state index in [-0.39, 0.29) is 24.8 Å². The lowest BCUT2D eigenvalue weighted by atomic mass is 9.97. The molecule has 1 aliphatic heterocycles. The van der Waals surface area contributed by atoms with E-state index in [1.165, 1.54) is 29.2 Å². The van der Waals surface area contributed by atoms with E-state index < -0.39 is 42.1 Å². The molecule has 0 bridgehead atoms. The fourth-order valence-electron chi connectivity index (χ4n) is 3.00. The Kier molecular flexibility index (Phi) is 7.08. The van der Waals surface area contributed by atoms with Crippen molar-refractivity contribution in [3.8, 4) is 0 Å². The van der Waals surface area contributed by atoms with Crippen molar-refractivity contribution < 1.29 is 28.7 Å². The summed E-state index contributed by atoms with van der Waals surface area (Å²) in [6.07, 6.45) is 0.548. The molecule has 0 aromatic heterocycles. The highest BCUT2D eigenvalue weighted by Gasteiger charge is 2.37. The summed E-state index contributed by atoms with van der Waals surface area (Å²) in [5.41, 5.74) is 0.492. The zero-order valence-corrected chi connectivity index (χ0v) is 15.7. The molecule has 1 fully saturated rings. The van der Waals surface area contributed by atoms with Gasteiger partial charge in [0.05, 0.1) is 18.4 Å². The van der Waals surface area contributed by atoms with Gasteiger partial charge in [-0.15, -0.1) is 0 Å². The van der Waals surface area contributed by atoms with Crippen LogP contribution >= 0.6 is 0 Å². The Morgan fingerprint density at radius 3 is 2.50 bits per heavy atom. The molecular weight excluding hydrogens is 369 g/mol. The van der Waals surface area contributed by atoms with Crippen molar-refractivity contribution in [3.05, 3.63) is 30.1 Å². The van der Waals surface area contributed by atoms with E-state index in [1.807, 2.05) is 6.92 Å².